The second-order valence-corrected chi connectivity index (χ2v) is 5.11. The average Bonchev–Trinajstić information content (AvgIpc) is 2.59. The van der Waals surface area contributed by atoms with Gasteiger partial charge >= 0.3 is 0 Å². The molecule has 2 atom stereocenters. The van der Waals surface area contributed by atoms with Crippen molar-refractivity contribution in [1.82, 2.24) is 0 Å². The fraction of sp³-hybridized carbons (Fsp3) is 0.167. The van der Waals surface area contributed by atoms with Gasteiger partial charge in [0.05, 0.1) is 13.2 Å². The molecule has 0 saturated carbocycles. The first kappa shape index (κ1) is 14.4. The van der Waals surface area contributed by atoms with Crippen LogP contribution in [0.3, 0.4) is 0 Å². The fourth-order valence-corrected chi connectivity index (χ4v) is 2.50. The van der Waals surface area contributed by atoms with E-state index in [2.05, 4.69) is 0 Å². The van der Waals surface area contributed by atoms with Crippen molar-refractivity contribution in [1.29, 1.82) is 0 Å². The van der Waals surface area contributed by atoms with E-state index in [0.29, 0.717) is 0 Å². The van der Waals surface area contributed by atoms with Gasteiger partial charge in [0.15, 0.2) is 6.10 Å². The predicted octanol–water partition coefficient (Wildman–Crippen LogP) is 2.48. The minimum absolute atomic E-state index is 0.284. The van der Waals surface area contributed by atoms with E-state index >= 15 is 0 Å². The Morgan fingerprint density at radius 2 is 1.77 bits per heavy atom. The molecule has 112 valence electrons. The molecule has 4 nitrogen and oxygen atoms in total. The first-order chi connectivity index (χ1) is 10.7. The van der Waals surface area contributed by atoms with Crippen molar-refractivity contribution in [3.05, 3.63) is 66.2 Å². The number of aliphatic hydroxyl groups is 1. The van der Waals surface area contributed by atoms with Gasteiger partial charge in [-0.05, 0) is 29.8 Å². The number of amides is 1. The monoisotopic (exact) mass is 295 g/mol. The van der Waals surface area contributed by atoms with Gasteiger partial charge in [0.2, 0.25) is 0 Å². The van der Waals surface area contributed by atoms with Gasteiger partial charge in [-0.3, -0.25) is 4.79 Å². The van der Waals surface area contributed by atoms with Crippen molar-refractivity contribution in [2.24, 2.45) is 0 Å². The van der Waals surface area contributed by atoms with Gasteiger partial charge in [-0.2, -0.15) is 0 Å². The van der Waals surface area contributed by atoms with Crippen molar-refractivity contribution in [2.75, 3.05) is 12.0 Å². The lowest BCUT2D eigenvalue weighted by molar-refractivity contribution is -0.135. The van der Waals surface area contributed by atoms with Gasteiger partial charge in [0, 0.05) is 5.69 Å². The molecule has 0 spiro atoms. The third-order valence-corrected chi connectivity index (χ3v) is 3.75. The topological polar surface area (TPSA) is 49.8 Å². The van der Waals surface area contributed by atoms with Crippen molar-refractivity contribution in [2.45, 2.75) is 12.1 Å². The number of carbonyl (C=O) groups excluding carboxylic acids is 1. The standard InChI is InChI=1S/C18H17NO3/c1-22-15-10-8-14(9-11-15)19-16(17(20)18(19)21)12-7-13-5-3-2-4-6-13/h2-12,16-17,20H,1H3/b12-7+/t16-,17+/m0/s1. The zero-order valence-corrected chi connectivity index (χ0v) is 12.2. The van der Waals surface area contributed by atoms with Crippen molar-refractivity contribution >= 4 is 17.7 Å². The first-order valence-corrected chi connectivity index (χ1v) is 7.09. The van der Waals surface area contributed by atoms with Crippen LogP contribution in [0.4, 0.5) is 5.69 Å². The van der Waals surface area contributed by atoms with Gasteiger partial charge in [-0.25, -0.2) is 0 Å². The summed E-state index contributed by atoms with van der Waals surface area (Å²) in [6, 6.07) is 16.7. The highest BCUT2D eigenvalue weighted by Crippen LogP contribution is 2.30. The SMILES string of the molecule is COc1ccc(N2C(=O)[C@H](O)[C@@H]2/C=C/c2ccccc2)cc1. The van der Waals surface area contributed by atoms with E-state index in [1.54, 1.807) is 24.1 Å². The Morgan fingerprint density at radius 3 is 2.41 bits per heavy atom. The summed E-state index contributed by atoms with van der Waals surface area (Å²) in [4.78, 5) is 13.5. The molecule has 0 bridgehead atoms. The fourth-order valence-electron chi connectivity index (χ4n) is 2.50. The molecule has 2 aromatic carbocycles. The Balaban J connectivity index is 1.80. The number of benzene rings is 2. The van der Waals surface area contributed by atoms with Crippen LogP contribution in [0, 0.1) is 0 Å². The maximum atomic E-state index is 11.9. The number of anilines is 1. The number of nitrogens with zero attached hydrogens (tertiary/aromatic N) is 1. The van der Waals surface area contributed by atoms with Crippen molar-refractivity contribution in [3.8, 4) is 5.75 Å². The lowest BCUT2D eigenvalue weighted by Gasteiger charge is -2.43. The van der Waals surface area contributed by atoms with Crippen LogP contribution in [0.15, 0.2) is 60.7 Å². The summed E-state index contributed by atoms with van der Waals surface area (Å²) in [5.41, 5.74) is 1.78. The zero-order chi connectivity index (χ0) is 15.5. The lowest BCUT2D eigenvalue weighted by Crippen LogP contribution is -2.64. The lowest BCUT2D eigenvalue weighted by atomic mass is 9.95. The molecule has 0 radical (unpaired) electrons. The molecule has 1 amide bonds. The number of hydrogen-bond donors (Lipinski definition) is 1. The highest BCUT2D eigenvalue weighted by Gasteiger charge is 2.45. The van der Waals surface area contributed by atoms with E-state index < -0.39 is 6.10 Å². The van der Waals surface area contributed by atoms with Gasteiger partial charge in [-0.15, -0.1) is 0 Å². The Labute approximate surface area is 129 Å². The minimum atomic E-state index is -0.984. The van der Waals surface area contributed by atoms with Crippen LogP contribution in [-0.4, -0.2) is 30.3 Å². The van der Waals surface area contributed by atoms with Crippen LogP contribution in [0.2, 0.25) is 0 Å². The molecule has 3 rings (SSSR count). The number of rotatable bonds is 4. The molecule has 1 aliphatic rings. The maximum absolute atomic E-state index is 11.9. The molecule has 1 heterocycles. The molecule has 1 aliphatic heterocycles. The minimum Gasteiger partial charge on any atom is -0.497 e. The Hall–Kier alpha value is -2.59. The molecule has 0 unspecified atom stereocenters. The number of aliphatic hydroxyl groups excluding tert-OH is 1. The predicted molar refractivity (Wildman–Crippen MR) is 85.8 cm³/mol. The number of β-lactam (4-membered cyclic amide) rings is 1. The Kier molecular flexibility index (Phi) is 3.94. The van der Waals surface area contributed by atoms with E-state index in [4.69, 9.17) is 4.74 Å². The molecule has 0 aliphatic carbocycles. The van der Waals surface area contributed by atoms with Crippen LogP contribution in [0.1, 0.15) is 5.56 Å². The zero-order valence-electron chi connectivity index (χ0n) is 12.2. The molecule has 0 aromatic heterocycles. The second-order valence-electron chi connectivity index (χ2n) is 5.11. The van der Waals surface area contributed by atoms with Crippen LogP contribution in [-0.2, 0) is 4.79 Å². The number of carbonyl (C=O) groups is 1. The van der Waals surface area contributed by atoms with Crippen molar-refractivity contribution < 1.29 is 14.6 Å². The Bertz CT molecular complexity index is 679. The largest absolute Gasteiger partial charge is 0.497 e. The third kappa shape index (κ3) is 2.61. The maximum Gasteiger partial charge on any atom is 0.258 e. The van der Waals surface area contributed by atoms with Crippen LogP contribution in [0.5, 0.6) is 5.75 Å². The molecule has 2 aromatic rings. The van der Waals surface area contributed by atoms with Crippen LogP contribution < -0.4 is 9.64 Å². The van der Waals surface area contributed by atoms with Gasteiger partial charge in [0.25, 0.3) is 5.91 Å². The molecule has 1 N–H and O–H groups in total. The van der Waals surface area contributed by atoms with Gasteiger partial charge in [-0.1, -0.05) is 42.5 Å². The first-order valence-electron chi connectivity index (χ1n) is 7.09. The molecule has 1 saturated heterocycles. The molecular weight excluding hydrogens is 278 g/mol. The summed E-state index contributed by atoms with van der Waals surface area (Å²) in [7, 11) is 1.60. The molecule has 1 fully saturated rings. The second kappa shape index (κ2) is 6.03. The number of ether oxygens (including phenoxy) is 1. The summed E-state index contributed by atoms with van der Waals surface area (Å²) < 4.78 is 5.11. The third-order valence-electron chi connectivity index (χ3n) is 3.75. The summed E-state index contributed by atoms with van der Waals surface area (Å²) in [5.74, 6) is 0.446. The van der Waals surface area contributed by atoms with E-state index in [1.165, 1.54) is 0 Å². The molecule has 22 heavy (non-hydrogen) atoms. The summed E-state index contributed by atoms with van der Waals surface area (Å²) in [5, 5.41) is 9.92. The van der Waals surface area contributed by atoms with E-state index in [-0.39, 0.29) is 11.9 Å². The highest BCUT2D eigenvalue weighted by molar-refractivity contribution is 6.05. The van der Waals surface area contributed by atoms with E-state index in [0.717, 1.165) is 17.0 Å². The normalized spacial score (nSPS) is 21.0. The van der Waals surface area contributed by atoms with Crippen LogP contribution in [0.25, 0.3) is 6.08 Å². The summed E-state index contributed by atoms with van der Waals surface area (Å²) >= 11 is 0. The van der Waals surface area contributed by atoms with Gasteiger partial charge < -0.3 is 14.7 Å². The smallest absolute Gasteiger partial charge is 0.258 e. The number of hydrogen-bond acceptors (Lipinski definition) is 3. The summed E-state index contributed by atoms with van der Waals surface area (Å²) in [6.07, 6.45) is 2.78. The average molecular weight is 295 g/mol. The van der Waals surface area contributed by atoms with E-state index in [1.807, 2.05) is 54.6 Å². The number of methoxy groups -OCH3 is 1. The highest BCUT2D eigenvalue weighted by atomic mass is 16.5. The summed E-state index contributed by atoms with van der Waals surface area (Å²) in [6.45, 7) is 0. The quantitative estimate of drug-likeness (QED) is 0.882. The molecule has 4 heteroatoms. The van der Waals surface area contributed by atoms with Crippen LogP contribution >= 0.6 is 0 Å². The van der Waals surface area contributed by atoms with E-state index in [9.17, 15) is 9.90 Å². The Morgan fingerprint density at radius 1 is 1.09 bits per heavy atom. The van der Waals surface area contributed by atoms with Gasteiger partial charge in [0.1, 0.15) is 5.75 Å². The molecular formula is C18H17NO3. The van der Waals surface area contributed by atoms with Crippen molar-refractivity contribution in [3.63, 3.8) is 0 Å².